The molecule has 114 valence electrons. The third-order valence-electron chi connectivity index (χ3n) is 2.94. The zero-order valence-corrected chi connectivity index (χ0v) is 12.1. The van der Waals surface area contributed by atoms with Crippen LogP contribution in [0.3, 0.4) is 0 Å². The maximum absolute atomic E-state index is 11.8. The monoisotopic (exact) mass is 285 g/mol. The molecular weight excluding hydrogens is 262 g/mol. The van der Waals surface area contributed by atoms with Crippen LogP contribution < -0.4 is 5.32 Å². The van der Waals surface area contributed by atoms with Gasteiger partial charge in [0.25, 0.3) is 0 Å². The first-order valence-corrected chi connectivity index (χ1v) is 6.81. The van der Waals surface area contributed by atoms with Gasteiger partial charge in [0.05, 0.1) is 19.8 Å². The van der Waals surface area contributed by atoms with Crippen molar-refractivity contribution in [1.82, 2.24) is 5.32 Å². The van der Waals surface area contributed by atoms with Gasteiger partial charge < -0.3 is 19.5 Å². The molecule has 0 aromatic rings. The molecule has 1 fully saturated rings. The van der Waals surface area contributed by atoms with Crippen LogP contribution in [0, 0.1) is 5.92 Å². The van der Waals surface area contributed by atoms with Crippen LogP contribution in [0.5, 0.6) is 0 Å². The molecule has 1 rings (SSSR count). The van der Waals surface area contributed by atoms with E-state index >= 15 is 0 Å². The number of alkyl carbamates (subject to hydrolysis) is 1. The van der Waals surface area contributed by atoms with E-state index in [9.17, 15) is 9.59 Å². The Labute approximate surface area is 119 Å². The molecule has 6 nitrogen and oxygen atoms in total. The van der Waals surface area contributed by atoms with Gasteiger partial charge in [-0.1, -0.05) is 20.4 Å². The summed E-state index contributed by atoms with van der Waals surface area (Å²) >= 11 is 0. The maximum Gasteiger partial charge on any atom is 0.407 e. The Morgan fingerprint density at radius 3 is 2.80 bits per heavy atom. The highest BCUT2D eigenvalue weighted by Gasteiger charge is 2.39. The molecule has 20 heavy (non-hydrogen) atoms. The van der Waals surface area contributed by atoms with Gasteiger partial charge in [0.2, 0.25) is 0 Å². The molecule has 1 N–H and O–H groups in total. The average Bonchev–Trinajstić information content (AvgIpc) is 2.81. The zero-order chi connectivity index (χ0) is 15.0. The number of hydrogen-bond acceptors (Lipinski definition) is 5. The number of nitrogens with one attached hydrogen (secondary N) is 1. The van der Waals surface area contributed by atoms with Crippen LogP contribution in [0.15, 0.2) is 12.7 Å². The first-order chi connectivity index (χ1) is 9.47. The van der Waals surface area contributed by atoms with Crippen molar-refractivity contribution in [2.24, 2.45) is 5.92 Å². The molecular formula is C14H23NO5. The lowest BCUT2D eigenvalue weighted by atomic mass is 9.91. The van der Waals surface area contributed by atoms with E-state index in [1.54, 1.807) is 0 Å². The van der Waals surface area contributed by atoms with E-state index in [1.807, 2.05) is 0 Å². The molecule has 1 aliphatic rings. The van der Waals surface area contributed by atoms with Crippen LogP contribution in [-0.4, -0.2) is 44.0 Å². The lowest BCUT2D eigenvalue weighted by molar-refractivity contribution is -0.137. The summed E-state index contributed by atoms with van der Waals surface area (Å²) in [5, 5.41) is 2.56. The Balaban J connectivity index is 2.32. The first kappa shape index (κ1) is 16.5. The predicted molar refractivity (Wildman–Crippen MR) is 73.3 cm³/mol. The minimum Gasteiger partial charge on any atom is -0.461 e. The SMILES string of the molecule is C=CC(=O)OCCNC(=O)OC1(CC(C)C)CCOC1. The van der Waals surface area contributed by atoms with E-state index in [1.165, 1.54) is 0 Å². The molecule has 6 heteroatoms. The van der Waals surface area contributed by atoms with Gasteiger partial charge in [0.1, 0.15) is 12.2 Å². The van der Waals surface area contributed by atoms with E-state index in [0.29, 0.717) is 25.6 Å². The lowest BCUT2D eigenvalue weighted by Gasteiger charge is -2.29. The molecule has 1 heterocycles. The molecule has 1 aliphatic heterocycles. The summed E-state index contributed by atoms with van der Waals surface area (Å²) in [4.78, 5) is 22.6. The predicted octanol–water partition coefficient (Wildman–Crippen LogP) is 1.65. The summed E-state index contributed by atoms with van der Waals surface area (Å²) in [6, 6.07) is 0. The van der Waals surface area contributed by atoms with Crippen molar-refractivity contribution in [2.75, 3.05) is 26.4 Å². The molecule has 1 atom stereocenters. The Morgan fingerprint density at radius 1 is 1.50 bits per heavy atom. The van der Waals surface area contributed by atoms with E-state index in [0.717, 1.165) is 12.5 Å². The van der Waals surface area contributed by atoms with Gasteiger partial charge in [0, 0.05) is 12.5 Å². The highest BCUT2D eigenvalue weighted by molar-refractivity contribution is 5.81. The normalized spacial score (nSPS) is 21.6. The van der Waals surface area contributed by atoms with Crippen molar-refractivity contribution in [1.29, 1.82) is 0 Å². The Morgan fingerprint density at radius 2 is 2.25 bits per heavy atom. The molecule has 0 radical (unpaired) electrons. The maximum atomic E-state index is 11.8. The van der Waals surface area contributed by atoms with Crippen LogP contribution >= 0.6 is 0 Å². The lowest BCUT2D eigenvalue weighted by Crippen LogP contribution is -2.41. The van der Waals surface area contributed by atoms with Crippen molar-refractivity contribution >= 4 is 12.1 Å². The summed E-state index contributed by atoms with van der Waals surface area (Å²) in [6.07, 6.45) is 2.05. The fourth-order valence-electron chi connectivity index (χ4n) is 2.21. The number of hydrogen-bond donors (Lipinski definition) is 1. The Hall–Kier alpha value is -1.56. The standard InChI is InChI=1S/C14H23NO5/c1-4-12(16)19-8-6-15-13(17)20-14(9-11(2)3)5-7-18-10-14/h4,11H,1,5-10H2,2-3H3,(H,15,17). The van der Waals surface area contributed by atoms with Crippen LogP contribution in [-0.2, 0) is 19.0 Å². The third kappa shape index (κ3) is 5.61. The molecule has 0 aromatic carbocycles. The van der Waals surface area contributed by atoms with Gasteiger partial charge in [-0.25, -0.2) is 9.59 Å². The van der Waals surface area contributed by atoms with Gasteiger partial charge in [0.15, 0.2) is 0 Å². The second-order valence-electron chi connectivity index (χ2n) is 5.27. The summed E-state index contributed by atoms with van der Waals surface area (Å²) in [5.41, 5.74) is -0.532. The Bertz CT molecular complexity index is 347. The van der Waals surface area contributed by atoms with Gasteiger partial charge >= 0.3 is 12.1 Å². The van der Waals surface area contributed by atoms with E-state index < -0.39 is 17.7 Å². The Kier molecular flexibility index (Phi) is 6.51. The van der Waals surface area contributed by atoms with Crippen LogP contribution in [0.1, 0.15) is 26.7 Å². The van der Waals surface area contributed by atoms with Gasteiger partial charge in [-0.15, -0.1) is 0 Å². The molecule has 0 saturated carbocycles. The molecule has 1 saturated heterocycles. The van der Waals surface area contributed by atoms with Crippen molar-refractivity contribution in [3.63, 3.8) is 0 Å². The van der Waals surface area contributed by atoms with Gasteiger partial charge in [-0.2, -0.15) is 0 Å². The number of ether oxygens (including phenoxy) is 3. The average molecular weight is 285 g/mol. The largest absolute Gasteiger partial charge is 0.461 e. The minimum atomic E-state index is -0.532. The summed E-state index contributed by atoms with van der Waals surface area (Å²) in [5.74, 6) is -0.0984. The third-order valence-corrected chi connectivity index (χ3v) is 2.94. The van der Waals surface area contributed by atoms with Crippen molar-refractivity contribution in [3.8, 4) is 0 Å². The van der Waals surface area contributed by atoms with E-state index in [-0.39, 0.29) is 13.2 Å². The number of amides is 1. The molecule has 1 amide bonds. The minimum absolute atomic E-state index is 0.0909. The number of carbonyl (C=O) groups is 2. The summed E-state index contributed by atoms with van der Waals surface area (Å²) in [7, 11) is 0. The summed E-state index contributed by atoms with van der Waals surface area (Å²) in [6.45, 7) is 8.78. The first-order valence-electron chi connectivity index (χ1n) is 6.81. The van der Waals surface area contributed by atoms with Crippen LogP contribution in [0.2, 0.25) is 0 Å². The zero-order valence-electron chi connectivity index (χ0n) is 12.1. The number of rotatable bonds is 7. The quantitative estimate of drug-likeness (QED) is 0.437. The van der Waals surface area contributed by atoms with Crippen molar-refractivity contribution < 1.29 is 23.8 Å². The molecule has 0 spiro atoms. The van der Waals surface area contributed by atoms with Crippen LogP contribution in [0.25, 0.3) is 0 Å². The second kappa shape index (κ2) is 7.89. The fraction of sp³-hybridized carbons (Fsp3) is 0.714. The second-order valence-corrected chi connectivity index (χ2v) is 5.27. The molecule has 1 unspecified atom stereocenters. The topological polar surface area (TPSA) is 73.9 Å². The smallest absolute Gasteiger partial charge is 0.407 e. The van der Waals surface area contributed by atoms with Crippen molar-refractivity contribution in [2.45, 2.75) is 32.3 Å². The van der Waals surface area contributed by atoms with Gasteiger partial charge in [-0.05, 0) is 12.3 Å². The summed E-state index contributed by atoms with van der Waals surface area (Å²) < 4.78 is 15.6. The number of esters is 1. The van der Waals surface area contributed by atoms with Gasteiger partial charge in [-0.3, -0.25) is 0 Å². The molecule has 0 aromatic heterocycles. The molecule has 0 aliphatic carbocycles. The molecule has 0 bridgehead atoms. The van der Waals surface area contributed by atoms with Crippen LogP contribution in [0.4, 0.5) is 4.79 Å². The number of carbonyl (C=O) groups excluding carboxylic acids is 2. The van der Waals surface area contributed by atoms with E-state index in [4.69, 9.17) is 14.2 Å². The highest BCUT2D eigenvalue weighted by atomic mass is 16.6. The van der Waals surface area contributed by atoms with Crippen molar-refractivity contribution in [3.05, 3.63) is 12.7 Å². The van der Waals surface area contributed by atoms with E-state index in [2.05, 4.69) is 25.7 Å². The fourth-order valence-corrected chi connectivity index (χ4v) is 2.21. The highest BCUT2D eigenvalue weighted by Crippen LogP contribution is 2.30.